The van der Waals surface area contributed by atoms with Crippen LogP contribution in [0.15, 0.2) is 17.8 Å². The first kappa shape index (κ1) is 11.6. The molecule has 2 aromatic heterocycles. The molecule has 3 heterocycles. The zero-order chi connectivity index (χ0) is 12.8. The summed E-state index contributed by atoms with van der Waals surface area (Å²) in [6.45, 7) is 1.74. The van der Waals surface area contributed by atoms with Gasteiger partial charge in [-0.25, -0.2) is 4.98 Å². The zero-order valence-corrected chi connectivity index (χ0v) is 10.6. The third-order valence-electron chi connectivity index (χ3n) is 3.33. The monoisotopic (exact) mass is 266 g/mol. The van der Waals surface area contributed by atoms with E-state index in [1.54, 1.807) is 11.3 Å². The summed E-state index contributed by atoms with van der Waals surface area (Å²) < 4.78 is 1.98. The van der Waals surface area contributed by atoms with Crippen molar-refractivity contribution in [2.24, 2.45) is 5.73 Å². The van der Waals surface area contributed by atoms with Crippen molar-refractivity contribution >= 4 is 22.3 Å². The Morgan fingerprint density at radius 2 is 2.50 bits per heavy atom. The summed E-state index contributed by atoms with van der Waals surface area (Å²) in [5.74, 6) is -0.921. The number of nitrogens with two attached hydrogens (primary N) is 1. The molecule has 1 atom stereocenters. The molecule has 1 aliphatic rings. The van der Waals surface area contributed by atoms with Crippen molar-refractivity contribution in [1.82, 2.24) is 14.3 Å². The normalized spacial score (nSPS) is 24.9. The van der Waals surface area contributed by atoms with Crippen molar-refractivity contribution in [3.63, 3.8) is 0 Å². The Morgan fingerprint density at radius 3 is 3.17 bits per heavy atom. The van der Waals surface area contributed by atoms with Crippen molar-refractivity contribution in [1.29, 1.82) is 0 Å². The van der Waals surface area contributed by atoms with E-state index in [0.29, 0.717) is 26.1 Å². The van der Waals surface area contributed by atoms with Crippen LogP contribution in [0.25, 0.3) is 4.96 Å². The number of carbonyl (C=O) groups is 1. The summed E-state index contributed by atoms with van der Waals surface area (Å²) in [5, 5.41) is 11.1. The minimum absolute atomic E-state index is 0.382. The van der Waals surface area contributed by atoms with Crippen LogP contribution in [-0.2, 0) is 11.3 Å². The minimum Gasteiger partial charge on any atom is -0.480 e. The molecule has 3 N–H and O–H groups in total. The van der Waals surface area contributed by atoms with E-state index in [4.69, 9.17) is 10.8 Å². The van der Waals surface area contributed by atoms with Gasteiger partial charge in [-0.2, -0.15) is 0 Å². The van der Waals surface area contributed by atoms with Crippen LogP contribution in [0.5, 0.6) is 0 Å². The van der Waals surface area contributed by atoms with E-state index in [1.807, 2.05) is 27.1 Å². The largest absolute Gasteiger partial charge is 0.480 e. The third kappa shape index (κ3) is 1.90. The van der Waals surface area contributed by atoms with E-state index >= 15 is 0 Å². The van der Waals surface area contributed by atoms with Gasteiger partial charge < -0.3 is 10.8 Å². The van der Waals surface area contributed by atoms with Crippen molar-refractivity contribution in [3.8, 4) is 0 Å². The Hall–Kier alpha value is -1.44. The highest BCUT2D eigenvalue weighted by Gasteiger charge is 2.41. The van der Waals surface area contributed by atoms with Crippen LogP contribution in [0.4, 0.5) is 0 Å². The second kappa shape index (κ2) is 4.04. The van der Waals surface area contributed by atoms with Crippen molar-refractivity contribution in [2.45, 2.75) is 18.5 Å². The number of aromatic nitrogens is 2. The van der Waals surface area contributed by atoms with Crippen molar-refractivity contribution in [3.05, 3.63) is 23.5 Å². The highest BCUT2D eigenvalue weighted by atomic mass is 32.1. The van der Waals surface area contributed by atoms with Gasteiger partial charge in [-0.3, -0.25) is 14.1 Å². The standard InChI is InChI=1S/C11H14N4O2S/c12-11(9(16)17)1-2-14(7-11)5-8-6-15-3-4-18-10(15)13-8/h3-4,6H,1-2,5,7,12H2,(H,16,17). The number of imidazole rings is 1. The number of nitrogens with zero attached hydrogens (tertiary/aromatic N) is 3. The Morgan fingerprint density at radius 1 is 1.67 bits per heavy atom. The summed E-state index contributed by atoms with van der Waals surface area (Å²) in [7, 11) is 0. The van der Waals surface area contributed by atoms with Crippen LogP contribution in [0.3, 0.4) is 0 Å². The number of rotatable bonds is 3. The Bertz CT molecular complexity index is 564. The van der Waals surface area contributed by atoms with Gasteiger partial charge in [0, 0.05) is 37.4 Å². The summed E-state index contributed by atoms with van der Waals surface area (Å²) in [6.07, 6.45) is 4.43. The number of carboxylic acid groups (broad SMARTS) is 1. The van der Waals surface area contributed by atoms with E-state index < -0.39 is 11.5 Å². The predicted octanol–water partition coefficient (Wildman–Crippen LogP) is 0.384. The van der Waals surface area contributed by atoms with Crippen molar-refractivity contribution in [2.75, 3.05) is 13.1 Å². The molecule has 0 amide bonds. The number of hydrogen-bond acceptors (Lipinski definition) is 5. The molecular weight excluding hydrogens is 252 g/mol. The second-order valence-corrected chi connectivity index (χ2v) is 5.62. The maximum Gasteiger partial charge on any atom is 0.325 e. The number of hydrogen-bond donors (Lipinski definition) is 2. The smallest absolute Gasteiger partial charge is 0.325 e. The van der Waals surface area contributed by atoms with Crippen LogP contribution >= 0.6 is 11.3 Å². The van der Waals surface area contributed by atoms with Gasteiger partial charge in [0.2, 0.25) is 0 Å². The molecule has 0 saturated carbocycles. The number of fused-ring (bicyclic) bond motifs is 1. The topological polar surface area (TPSA) is 83.9 Å². The zero-order valence-electron chi connectivity index (χ0n) is 9.74. The highest BCUT2D eigenvalue weighted by molar-refractivity contribution is 7.15. The first-order valence-electron chi connectivity index (χ1n) is 5.72. The minimum atomic E-state index is -1.10. The first-order valence-corrected chi connectivity index (χ1v) is 6.60. The fraction of sp³-hybridized carbons (Fsp3) is 0.455. The van der Waals surface area contributed by atoms with E-state index in [1.165, 1.54) is 0 Å². The molecule has 0 aromatic carbocycles. The average Bonchev–Trinajstić information content (AvgIpc) is 2.94. The van der Waals surface area contributed by atoms with Gasteiger partial charge in [-0.15, -0.1) is 11.3 Å². The summed E-state index contributed by atoms with van der Waals surface area (Å²) in [5.41, 5.74) is 5.69. The SMILES string of the molecule is NC1(C(=O)O)CCN(Cc2cn3ccsc3n2)C1. The van der Waals surface area contributed by atoms with Gasteiger partial charge in [0.1, 0.15) is 5.54 Å². The molecule has 3 rings (SSSR count). The van der Waals surface area contributed by atoms with Gasteiger partial charge in [0.15, 0.2) is 4.96 Å². The van der Waals surface area contributed by atoms with Crippen LogP contribution in [0.2, 0.25) is 0 Å². The molecule has 1 fully saturated rings. The lowest BCUT2D eigenvalue weighted by Gasteiger charge is -2.19. The first-order chi connectivity index (χ1) is 8.57. The maximum absolute atomic E-state index is 11.1. The van der Waals surface area contributed by atoms with Gasteiger partial charge in [0.05, 0.1) is 5.69 Å². The molecule has 2 aromatic rings. The van der Waals surface area contributed by atoms with Gasteiger partial charge in [-0.05, 0) is 6.42 Å². The number of carboxylic acids is 1. The number of thiazole rings is 1. The summed E-state index contributed by atoms with van der Waals surface area (Å²) in [4.78, 5) is 18.5. The molecule has 0 radical (unpaired) electrons. The molecule has 1 aliphatic heterocycles. The predicted molar refractivity (Wildman–Crippen MR) is 67.5 cm³/mol. The average molecular weight is 266 g/mol. The lowest BCUT2D eigenvalue weighted by molar-refractivity contribution is -0.142. The second-order valence-electron chi connectivity index (χ2n) is 4.75. The van der Waals surface area contributed by atoms with E-state index in [2.05, 4.69) is 4.98 Å². The van der Waals surface area contributed by atoms with Gasteiger partial charge >= 0.3 is 5.97 Å². The Labute approximate surface area is 108 Å². The molecule has 0 aliphatic carbocycles. The molecule has 0 bridgehead atoms. The summed E-state index contributed by atoms with van der Waals surface area (Å²) >= 11 is 1.59. The molecule has 96 valence electrons. The van der Waals surface area contributed by atoms with Crippen molar-refractivity contribution < 1.29 is 9.90 Å². The van der Waals surface area contributed by atoms with E-state index in [9.17, 15) is 4.79 Å². The molecule has 1 saturated heterocycles. The highest BCUT2D eigenvalue weighted by Crippen LogP contribution is 2.21. The van der Waals surface area contributed by atoms with Gasteiger partial charge in [-0.1, -0.05) is 0 Å². The fourth-order valence-electron chi connectivity index (χ4n) is 2.31. The molecule has 6 nitrogen and oxygen atoms in total. The Balaban J connectivity index is 1.71. The lowest BCUT2D eigenvalue weighted by atomic mass is 10.0. The summed E-state index contributed by atoms with van der Waals surface area (Å²) in [6, 6.07) is 0. The molecular formula is C11H14N4O2S. The molecule has 18 heavy (non-hydrogen) atoms. The number of likely N-dealkylation sites (tertiary alicyclic amines) is 1. The van der Waals surface area contributed by atoms with E-state index in [0.717, 1.165) is 10.7 Å². The van der Waals surface area contributed by atoms with Crippen LogP contribution in [0, 0.1) is 0 Å². The van der Waals surface area contributed by atoms with Crippen LogP contribution in [-0.4, -0.2) is 44.0 Å². The third-order valence-corrected chi connectivity index (χ3v) is 4.11. The molecule has 7 heteroatoms. The van der Waals surface area contributed by atoms with Crippen LogP contribution < -0.4 is 5.73 Å². The lowest BCUT2D eigenvalue weighted by Crippen LogP contribution is -2.50. The van der Waals surface area contributed by atoms with E-state index in [-0.39, 0.29) is 0 Å². The van der Waals surface area contributed by atoms with Crippen LogP contribution in [0.1, 0.15) is 12.1 Å². The molecule has 0 spiro atoms. The van der Waals surface area contributed by atoms with Gasteiger partial charge in [0.25, 0.3) is 0 Å². The number of aliphatic carboxylic acids is 1. The quantitative estimate of drug-likeness (QED) is 0.839. The fourth-order valence-corrected chi connectivity index (χ4v) is 3.02. The molecule has 1 unspecified atom stereocenters. The Kier molecular flexibility index (Phi) is 2.61. The maximum atomic E-state index is 11.1.